The van der Waals surface area contributed by atoms with Gasteiger partial charge in [0, 0.05) is 24.3 Å². The predicted octanol–water partition coefficient (Wildman–Crippen LogP) is 4.72. The van der Waals surface area contributed by atoms with Gasteiger partial charge in [0.05, 0.1) is 18.1 Å². The summed E-state index contributed by atoms with van der Waals surface area (Å²) in [5.41, 5.74) is 1.16. The predicted molar refractivity (Wildman–Crippen MR) is 133 cm³/mol. The Morgan fingerprint density at radius 3 is 2.62 bits per heavy atom. The molecule has 3 atom stereocenters. The van der Waals surface area contributed by atoms with Crippen LogP contribution in [0.4, 0.5) is 11.6 Å². The Labute approximate surface area is 204 Å². The van der Waals surface area contributed by atoms with Gasteiger partial charge in [-0.05, 0) is 56.4 Å². The first-order chi connectivity index (χ1) is 16.3. The number of aromatic nitrogens is 3. The van der Waals surface area contributed by atoms with Crippen molar-refractivity contribution in [3.63, 3.8) is 0 Å². The highest BCUT2D eigenvalue weighted by Crippen LogP contribution is 2.31. The van der Waals surface area contributed by atoms with Crippen LogP contribution >= 0.6 is 11.8 Å². The number of amides is 1. The summed E-state index contributed by atoms with van der Waals surface area (Å²) < 4.78 is 7.63. The first-order valence-corrected chi connectivity index (χ1v) is 12.5. The van der Waals surface area contributed by atoms with E-state index in [1.807, 2.05) is 23.6 Å². The normalized spacial score (nSPS) is 19.1. The number of hydrogen-bond acceptors (Lipinski definition) is 7. The van der Waals surface area contributed by atoms with Crippen LogP contribution < -0.4 is 10.2 Å². The zero-order chi connectivity index (χ0) is 24.2. The zero-order valence-electron chi connectivity index (χ0n) is 20.0. The van der Waals surface area contributed by atoms with E-state index in [1.54, 1.807) is 30.5 Å². The van der Waals surface area contributed by atoms with E-state index in [-0.39, 0.29) is 11.7 Å². The maximum Gasteiger partial charge on any atom is 0.237 e. The molecular weight excluding hydrogens is 450 g/mol. The minimum absolute atomic E-state index is 0.0431. The summed E-state index contributed by atoms with van der Waals surface area (Å²) in [5.74, 6) is 2.55. The molecule has 1 saturated heterocycles. The van der Waals surface area contributed by atoms with Crippen molar-refractivity contribution in [1.82, 2.24) is 14.8 Å². The fourth-order valence-corrected chi connectivity index (χ4v) is 5.24. The lowest BCUT2D eigenvalue weighted by Crippen LogP contribution is -2.40. The third kappa shape index (κ3) is 5.70. The van der Waals surface area contributed by atoms with Gasteiger partial charge in [-0.25, -0.2) is 0 Å². The van der Waals surface area contributed by atoms with Crippen molar-refractivity contribution in [2.24, 2.45) is 11.8 Å². The largest absolute Gasteiger partial charge is 0.467 e. The minimum Gasteiger partial charge on any atom is -0.467 e. The van der Waals surface area contributed by atoms with E-state index in [0.29, 0.717) is 34.8 Å². The Balaban J connectivity index is 1.53. The maximum atomic E-state index is 12.9. The highest BCUT2D eigenvalue weighted by Gasteiger charge is 2.28. The molecule has 0 bridgehead atoms. The zero-order valence-corrected chi connectivity index (χ0v) is 20.8. The molecule has 0 saturated carbocycles. The van der Waals surface area contributed by atoms with Crippen LogP contribution in [0.3, 0.4) is 0 Å². The van der Waals surface area contributed by atoms with E-state index in [2.05, 4.69) is 34.3 Å². The molecule has 3 unspecified atom stereocenters. The average molecular weight is 482 g/mol. The third-order valence-corrected chi connectivity index (χ3v) is 7.01. The van der Waals surface area contributed by atoms with Crippen LogP contribution in [0.5, 0.6) is 0 Å². The van der Waals surface area contributed by atoms with Crippen LogP contribution in [-0.2, 0) is 11.3 Å². The van der Waals surface area contributed by atoms with E-state index in [9.17, 15) is 9.59 Å². The number of nitrogens with one attached hydrogen (secondary N) is 1. The molecule has 8 nitrogen and oxygen atoms in total. The van der Waals surface area contributed by atoms with Gasteiger partial charge in [0.2, 0.25) is 11.9 Å². The van der Waals surface area contributed by atoms with Crippen LogP contribution in [0.25, 0.3) is 0 Å². The molecule has 4 rings (SSSR count). The Bertz CT molecular complexity index is 1130. The fraction of sp³-hybridized carbons (Fsp3) is 0.440. The highest BCUT2D eigenvalue weighted by atomic mass is 32.2. The number of ketones is 1. The molecule has 1 amide bonds. The summed E-state index contributed by atoms with van der Waals surface area (Å²) in [6.07, 6.45) is 2.86. The Hall–Kier alpha value is -3.07. The molecule has 1 N–H and O–H groups in total. The number of piperidine rings is 1. The summed E-state index contributed by atoms with van der Waals surface area (Å²) in [6, 6.07) is 10.8. The first-order valence-electron chi connectivity index (χ1n) is 11.6. The monoisotopic (exact) mass is 481 g/mol. The summed E-state index contributed by atoms with van der Waals surface area (Å²) in [6.45, 7) is 10.2. The van der Waals surface area contributed by atoms with Gasteiger partial charge in [-0.3, -0.25) is 14.2 Å². The van der Waals surface area contributed by atoms with Crippen molar-refractivity contribution in [3.05, 3.63) is 54.0 Å². The fourth-order valence-electron chi connectivity index (χ4n) is 4.40. The minimum atomic E-state index is -0.424. The van der Waals surface area contributed by atoms with Crippen LogP contribution in [0.1, 0.15) is 50.2 Å². The topological polar surface area (TPSA) is 93.3 Å². The van der Waals surface area contributed by atoms with E-state index in [1.165, 1.54) is 25.1 Å². The Morgan fingerprint density at radius 2 is 1.94 bits per heavy atom. The van der Waals surface area contributed by atoms with Gasteiger partial charge in [0.15, 0.2) is 10.9 Å². The molecule has 34 heavy (non-hydrogen) atoms. The van der Waals surface area contributed by atoms with Gasteiger partial charge in [0.25, 0.3) is 0 Å². The number of carbonyl (C=O) groups is 2. The SMILES string of the molecule is CC(=O)c1cccc(NC(=O)C(C)Sc2nnc(N3CC(C)CC(C)C3)n2Cc2ccco2)c1. The second-order valence-electron chi connectivity index (χ2n) is 9.19. The van der Waals surface area contributed by atoms with Crippen LogP contribution in [0.15, 0.2) is 52.2 Å². The van der Waals surface area contributed by atoms with E-state index >= 15 is 0 Å². The summed E-state index contributed by atoms with van der Waals surface area (Å²) in [5, 5.41) is 12.1. The van der Waals surface area contributed by atoms with E-state index in [0.717, 1.165) is 24.8 Å². The van der Waals surface area contributed by atoms with Gasteiger partial charge in [-0.1, -0.05) is 37.7 Å². The molecule has 0 aliphatic carbocycles. The average Bonchev–Trinajstić information content (AvgIpc) is 3.44. The number of benzene rings is 1. The summed E-state index contributed by atoms with van der Waals surface area (Å²) >= 11 is 1.36. The van der Waals surface area contributed by atoms with Gasteiger partial charge < -0.3 is 14.6 Å². The molecule has 1 aliphatic heterocycles. The lowest BCUT2D eigenvalue weighted by molar-refractivity contribution is -0.115. The van der Waals surface area contributed by atoms with Crippen molar-refractivity contribution in [2.45, 2.75) is 51.1 Å². The lowest BCUT2D eigenvalue weighted by Gasteiger charge is -2.35. The quantitative estimate of drug-likeness (QED) is 0.367. The number of rotatable bonds is 8. The lowest BCUT2D eigenvalue weighted by atomic mass is 9.92. The molecule has 180 valence electrons. The van der Waals surface area contributed by atoms with Crippen LogP contribution in [-0.4, -0.2) is 44.8 Å². The second kappa shape index (κ2) is 10.5. The number of furan rings is 1. The molecule has 1 fully saturated rings. The molecule has 2 aromatic heterocycles. The van der Waals surface area contributed by atoms with Crippen molar-refractivity contribution >= 4 is 35.1 Å². The van der Waals surface area contributed by atoms with Crippen molar-refractivity contribution in [2.75, 3.05) is 23.3 Å². The van der Waals surface area contributed by atoms with Crippen molar-refractivity contribution in [1.29, 1.82) is 0 Å². The molecule has 9 heteroatoms. The molecule has 3 heterocycles. The molecular formula is C25H31N5O3S. The van der Waals surface area contributed by atoms with Crippen molar-refractivity contribution in [3.8, 4) is 0 Å². The first kappa shape index (κ1) is 24.1. The number of carbonyl (C=O) groups excluding carboxylic acids is 2. The van der Waals surface area contributed by atoms with Crippen LogP contribution in [0, 0.1) is 11.8 Å². The van der Waals surface area contributed by atoms with Crippen LogP contribution in [0.2, 0.25) is 0 Å². The summed E-state index contributed by atoms with van der Waals surface area (Å²) in [7, 11) is 0. The number of nitrogens with zero attached hydrogens (tertiary/aromatic N) is 4. The Kier molecular flexibility index (Phi) is 7.41. The number of anilines is 2. The molecule has 0 radical (unpaired) electrons. The molecule has 1 aliphatic rings. The molecule has 1 aromatic carbocycles. The smallest absolute Gasteiger partial charge is 0.237 e. The highest BCUT2D eigenvalue weighted by molar-refractivity contribution is 8.00. The van der Waals surface area contributed by atoms with E-state index < -0.39 is 5.25 Å². The van der Waals surface area contributed by atoms with E-state index in [4.69, 9.17) is 4.42 Å². The Morgan fingerprint density at radius 1 is 1.18 bits per heavy atom. The van der Waals surface area contributed by atoms with Gasteiger partial charge in [-0.2, -0.15) is 0 Å². The molecule has 0 spiro atoms. The second-order valence-corrected chi connectivity index (χ2v) is 10.5. The molecule has 3 aromatic rings. The third-order valence-electron chi connectivity index (χ3n) is 5.93. The number of Topliss-reactive ketones (excluding diaryl/α,β-unsaturated/α-hetero) is 1. The van der Waals surface area contributed by atoms with Crippen molar-refractivity contribution < 1.29 is 14.0 Å². The summed E-state index contributed by atoms with van der Waals surface area (Å²) in [4.78, 5) is 26.9. The number of hydrogen-bond donors (Lipinski definition) is 1. The van der Waals surface area contributed by atoms with Gasteiger partial charge >= 0.3 is 0 Å². The van der Waals surface area contributed by atoms with Gasteiger partial charge in [-0.15, -0.1) is 10.2 Å². The van der Waals surface area contributed by atoms with Gasteiger partial charge in [0.1, 0.15) is 5.76 Å². The number of thioether (sulfide) groups is 1. The standard InChI is InChI=1S/C25H31N5O3S/c1-16-11-17(2)14-29(13-16)24-27-28-25(30(24)15-22-9-6-10-33-22)34-19(4)23(32)26-21-8-5-7-20(12-21)18(3)31/h5-10,12,16-17,19H,11,13-15H2,1-4H3,(H,26,32). The maximum absolute atomic E-state index is 12.9.